The maximum atomic E-state index is 13.4. The molecule has 27 heavy (non-hydrogen) atoms. The lowest BCUT2D eigenvalue weighted by Gasteiger charge is -2.26. The molecular weight excluding hydrogens is 374 g/mol. The first-order valence-corrected chi connectivity index (χ1v) is 7.56. The molecule has 0 amide bonds. The number of alkyl halides is 6. The van der Waals surface area contributed by atoms with Gasteiger partial charge in [0.2, 0.25) is 5.60 Å². The van der Waals surface area contributed by atoms with E-state index in [0.717, 1.165) is 31.2 Å². The van der Waals surface area contributed by atoms with Gasteiger partial charge in [-0.25, -0.2) is 0 Å². The van der Waals surface area contributed by atoms with Gasteiger partial charge in [-0.15, -0.1) is 0 Å². The molecule has 2 rings (SSSR count). The van der Waals surface area contributed by atoms with Crippen LogP contribution in [0.25, 0.3) is 0 Å². The molecular formula is C19H14F6O2. The minimum atomic E-state index is -5.17. The Bertz CT molecular complexity index is 842. The second kappa shape index (κ2) is 6.91. The SMILES string of the molecule is CC(O)(C#CC(O)(c1ccccc1)C(F)(F)F)c1ccc(C(F)(F)F)cc1. The fourth-order valence-electron chi connectivity index (χ4n) is 2.25. The monoisotopic (exact) mass is 388 g/mol. The van der Waals surface area contributed by atoms with Crippen molar-refractivity contribution < 1.29 is 36.6 Å². The van der Waals surface area contributed by atoms with Crippen molar-refractivity contribution >= 4 is 0 Å². The zero-order valence-electron chi connectivity index (χ0n) is 13.9. The first-order valence-electron chi connectivity index (χ1n) is 7.56. The average Bonchev–Trinajstić information content (AvgIpc) is 2.59. The van der Waals surface area contributed by atoms with Crippen molar-refractivity contribution in [2.75, 3.05) is 0 Å². The Morgan fingerprint density at radius 2 is 1.15 bits per heavy atom. The molecule has 0 saturated carbocycles. The van der Waals surface area contributed by atoms with Gasteiger partial charge >= 0.3 is 12.4 Å². The quantitative estimate of drug-likeness (QED) is 0.593. The van der Waals surface area contributed by atoms with E-state index in [1.54, 1.807) is 5.92 Å². The van der Waals surface area contributed by atoms with E-state index in [-0.39, 0.29) is 5.56 Å². The summed E-state index contributed by atoms with van der Waals surface area (Å²) in [6.07, 6.45) is -9.77. The summed E-state index contributed by atoms with van der Waals surface area (Å²) in [6, 6.07) is 9.23. The zero-order valence-corrected chi connectivity index (χ0v) is 13.9. The molecule has 8 heteroatoms. The van der Waals surface area contributed by atoms with Crippen molar-refractivity contribution in [1.29, 1.82) is 0 Å². The number of halogens is 6. The predicted molar refractivity (Wildman–Crippen MR) is 85.2 cm³/mol. The van der Waals surface area contributed by atoms with Gasteiger partial charge in [-0.2, -0.15) is 26.3 Å². The number of hydrogen-bond donors (Lipinski definition) is 2. The van der Waals surface area contributed by atoms with E-state index in [9.17, 15) is 36.6 Å². The smallest absolute Gasteiger partial charge is 0.374 e. The van der Waals surface area contributed by atoms with Gasteiger partial charge in [0.1, 0.15) is 5.60 Å². The summed E-state index contributed by atoms with van der Waals surface area (Å²) in [7, 11) is 0. The molecule has 0 aliphatic rings. The van der Waals surface area contributed by atoms with Crippen LogP contribution in [-0.4, -0.2) is 16.4 Å². The van der Waals surface area contributed by atoms with E-state index in [1.807, 2.05) is 5.92 Å². The highest BCUT2D eigenvalue weighted by Gasteiger charge is 2.54. The Labute approximate surface area is 151 Å². The van der Waals surface area contributed by atoms with E-state index in [2.05, 4.69) is 0 Å². The standard InChI is InChI=1S/C19H14F6O2/c1-16(26,13-7-9-15(10-8-13)18(20,21)22)11-12-17(27,19(23,24)25)14-5-3-2-4-6-14/h2-10,26-27H,1H3. The van der Waals surface area contributed by atoms with Crippen LogP contribution in [0.5, 0.6) is 0 Å². The van der Waals surface area contributed by atoms with Gasteiger partial charge in [0.05, 0.1) is 5.56 Å². The van der Waals surface area contributed by atoms with Crippen LogP contribution in [0.3, 0.4) is 0 Å². The molecule has 144 valence electrons. The Morgan fingerprint density at radius 3 is 1.59 bits per heavy atom. The highest BCUT2D eigenvalue weighted by molar-refractivity contribution is 5.39. The molecule has 2 unspecified atom stereocenters. The molecule has 2 atom stereocenters. The van der Waals surface area contributed by atoms with Crippen molar-refractivity contribution in [3.63, 3.8) is 0 Å². The molecule has 2 N–H and O–H groups in total. The lowest BCUT2D eigenvalue weighted by Crippen LogP contribution is -2.41. The maximum absolute atomic E-state index is 13.4. The summed E-state index contributed by atoms with van der Waals surface area (Å²) >= 11 is 0. The van der Waals surface area contributed by atoms with Gasteiger partial charge in [-0.3, -0.25) is 0 Å². The van der Waals surface area contributed by atoms with Crippen molar-refractivity contribution in [2.24, 2.45) is 0 Å². The molecule has 0 aliphatic carbocycles. The van der Waals surface area contributed by atoms with Gasteiger partial charge in [0.25, 0.3) is 0 Å². The summed E-state index contributed by atoms with van der Waals surface area (Å²) in [5.41, 5.74) is -7.46. The normalized spacial score (nSPS) is 16.6. The summed E-state index contributed by atoms with van der Waals surface area (Å²) in [4.78, 5) is 0. The zero-order chi connectivity index (χ0) is 20.5. The molecule has 0 spiro atoms. The van der Waals surface area contributed by atoms with Crippen molar-refractivity contribution in [1.82, 2.24) is 0 Å². The van der Waals surface area contributed by atoms with Gasteiger partial charge < -0.3 is 10.2 Å². The first kappa shape index (κ1) is 20.8. The Balaban J connectivity index is 2.45. The summed E-state index contributed by atoms with van der Waals surface area (Å²) < 4.78 is 78.0. The molecule has 2 aromatic carbocycles. The van der Waals surface area contributed by atoms with Crippen LogP contribution in [0.4, 0.5) is 26.3 Å². The van der Waals surface area contributed by atoms with Crippen LogP contribution in [0.2, 0.25) is 0 Å². The van der Waals surface area contributed by atoms with Gasteiger partial charge in [0.15, 0.2) is 0 Å². The summed E-state index contributed by atoms with van der Waals surface area (Å²) in [5.74, 6) is 3.58. The summed E-state index contributed by atoms with van der Waals surface area (Å²) in [5, 5.41) is 20.4. The Hall–Kier alpha value is -2.50. The second-order valence-electron chi connectivity index (χ2n) is 5.97. The molecule has 0 heterocycles. The molecule has 0 fully saturated rings. The van der Waals surface area contributed by atoms with Gasteiger partial charge in [-0.1, -0.05) is 54.3 Å². The highest BCUT2D eigenvalue weighted by atomic mass is 19.4. The molecule has 2 nitrogen and oxygen atoms in total. The third kappa shape index (κ3) is 4.43. The molecule has 2 aromatic rings. The van der Waals surface area contributed by atoms with Gasteiger partial charge in [-0.05, 0) is 24.6 Å². The van der Waals surface area contributed by atoms with Crippen molar-refractivity contribution in [2.45, 2.75) is 30.5 Å². The van der Waals surface area contributed by atoms with E-state index < -0.39 is 34.7 Å². The number of benzene rings is 2. The second-order valence-corrected chi connectivity index (χ2v) is 5.97. The van der Waals surface area contributed by atoms with E-state index in [0.29, 0.717) is 12.1 Å². The predicted octanol–water partition coefficient (Wildman–Crippen LogP) is 4.37. The van der Waals surface area contributed by atoms with Crippen LogP contribution in [-0.2, 0) is 17.4 Å². The van der Waals surface area contributed by atoms with E-state index in [1.165, 1.54) is 18.2 Å². The van der Waals surface area contributed by atoms with Crippen LogP contribution < -0.4 is 0 Å². The lowest BCUT2D eigenvalue weighted by atomic mass is 9.90. The highest BCUT2D eigenvalue weighted by Crippen LogP contribution is 2.39. The molecule has 0 bridgehead atoms. The molecule has 0 aromatic heterocycles. The molecule has 0 aliphatic heterocycles. The topological polar surface area (TPSA) is 40.5 Å². The third-order valence-electron chi connectivity index (χ3n) is 3.86. The minimum absolute atomic E-state index is 0.152. The Kier molecular flexibility index (Phi) is 5.32. The minimum Gasteiger partial charge on any atom is -0.374 e. The van der Waals surface area contributed by atoms with Crippen molar-refractivity contribution in [3.05, 3.63) is 71.3 Å². The summed E-state index contributed by atoms with van der Waals surface area (Å²) in [6.45, 7) is 1.02. The lowest BCUT2D eigenvalue weighted by molar-refractivity contribution is -0.240. The number of rotatable bonds is 2. The fourth-order valence-corrected chi connectivity index (χ4v) is 2.25. The Morgan fingerprint density at radius 1 is 0.667 bits per heavy atom. The maximum Gasteiger partial charge on any atom is 0.433 e. The third-order valence-corrected chi connectivity index (χ3v) is 3.86. The average molecular weight is 388 g/mol. The van der Waals surface area contributed by atoms with E-state index in [4.69, 9.17) is 0 Å². The van der Waals surface area contributed by atoms with Crippen molar-refractivity contribution in [3.8, 4) is 11.8 Å². The van der Waals surface area contributed by atoms with Crippen LogP contribution in [0.1, 0.15) is 23.6 Å². The first-order chi connectivity index (χ1) is 12.3. The fraction of sp³-hybridized carbons (Fsp3) is 0.263. The number of aliphatic hydroxyl groups is 2. The van der Waals surface area contributed by atoms with Crippen LogP contribution >= 0.6 is 0 Å². The molecule has 0 radical (unpaired) electrons. The van der Waals surface area contributed by atoms with Gasteiger partial charge in [0, 0.05) is 5.56 Å². The largest absolute Gasteiger partial charge is 0.433 e. The number of hydrogen-bond acceptors (Lipinski definition) is 2. The van der Waals surface area contributed by atoms with Crippen LogP contribution in [0.15, 0.2) is 54.6 Å². The van der Waals surface area contributed by atoms with E-state index >= 15 is 0 Å². The molecule has 0 saturated heterocycles. The van der Waals surface area contributed by atoms with Crippen LogP contribution in [0, 0.1) is 11.8 Å².